The van der Waals surface area contributed by atoms with Crippen LogP contribution in [0.4, 0.5) is 5.69 Å². The number of Topliss-reactive ketones (excluding diaryl/α,β-unsaturated/α-hetero) is 1. The number of anilines is 1. The zero-order chi connectivity index (χ0) is 27.8. The molecule has 0 radical (unpaired) electrons. The molecule has 1 heterocycles. The van der Waals surface area contributed by atoms with Crippen molar-refractivity contribution in [2.75, 3.05) is 17.6 Å². The fourth-order valence-electron chi connectivity index (χ4n) is 4.87. The van der Waals surface area contributed by atoms with E-state index in [9.17, 15) is 13.2 Å². The van der Waals surface area contributed by atoms with Crippen molar-refractivity contribution in [2.45, 2.75) is 52.6 Å². The lowest BCUT2D eigenvalue weighted by Crippen LogP contribution is -2.29. The maximum Gasteiger partial charge on any atom is 0.232 e. The third-order valence-corrected chi connectivity index (χ3v) is 8.18. The Morgan fingerprint density at radius 2 is 1.36 bits per heavy atom. The third kappa shape index (κ3) is 6.20. The van der Waals surface area contributed by atoms with Crippen LogP contribution in [-0.2, 0) is 23.1 Å². The van der Waals surface area contributed by atoms with E-state index in [1.54, 1.807) is 11.6 Å². The number of sulfonamides is 1. The Bertz CT molecular complexity index is 1630. The van der Waals surface area contributed by atoms with Crippen LogP contribution in [-0.4, -0.2) is 36.6 Å². The van der Waals surface area contributed by atoms with Crippen LogP contribution in [0, 0.1) is 5.41 Å². The van der Waals surface area contributed by atoms with Gasteiger partial charge in [0, 0.05) is 12.6 Å². The highest BCUT2D eigenvalue weighted by atomic mass is 79.9. The molecule has 0 aliphatic carbocycles. The van der Waals surface area contributed by atoms with E-state index in [2.05, 4.69) is 0 Å². The van der Waals surface area contributed by atoms with Gasteiger partial charge in [-0.25, -0.2) is 8.42 Å². The van der Waals surface area contributed by atoms with E-state index in [-0.39, 0.29) is 46.8 Å². The van der Waals surface area contributed by atoms with Gasteiger partial charge in [0.05, 0.1) is 36.1 Å². The molecule has 3 aromatic carbocycles. The van der Waals surface area contributed by atoms with Crippen molar-refractivity contribution in [1.82, 2.24) is 9.13 Å². The first-order valence-electron chi connectivity index (χ1n) is 12.8. The summed E-state index contributed by atoms with van der Waals surface area (Å²) in [6.45, 7) is 8.55. The molecule has 0 atom stereocenters. The predicted octanol–water partition coefficient (Wildman–Crippen LogP) is 6.07. The molecular weight excluding hydrogens is 576 g/mol. The molecule has 0 aliphatic heterocycles. The normalized spacial score (nSPS) is 11.7. The van der Waals surface area contributed by atoms with Crippen molar-refractivity contribution in [3.8, 4) is 0 Å². The first-order valence-corrected chi connectivity index (χ1v) is 14.7. The second-order valence-corrected chi connectivity index (χ2v) is 12.5. The van der Waals surface area contributed by atoms with Gasteiger partial charge >= 0.3 is 0 Å². The maximum atomic E-state index is 13.8. The first-order chi connectivity index (χ1) is 17.9. The zero-order valence-corrected chi connectivity index (χ0v) is 25.8. The van der Waals surface area contributed by atoms with Crippen LogP contribution in [0.3, 0.4) is 0 Å². The van der Waals surface area contributed by atoms with Gasteiger partial charge in [-0.2, -0.15) is 0 Å². The van der Waals surface area contributed by atoms with E-state index in [4.69, 9.17) is 5.41 Å². The van der Waals surface area contributed by atoms with Crippen LogP contribution in [0.5, 0.6) is 0 Å². The minimum absolute atomic E-state index is 0. The number of fused-ring (bicyclic) bond motifs is 1. The molecule has 0 fully saturated rings. The summed E-state index contributed by atoms with van der Waals surface area (Å²) in [6.07, 6.45) is 1.19. The molecule has 0 bridgehead atoms. The number of para-hydroxylation sites is 2. The van der Waals surface area contributed by atoms with Gasteiger partial charge < -0.3 is 9.13 Å². The van der Waals surface area contributed by atoms with Gasteiger partial charge in [-0.15, -0.1) is 17.0 Å². The molecule has 0 unspecified atom stereocenters. The summed E-state index contributed by atoms with van der Waals surface area (Å²) in [6, 6.07) is 21.4. The largest absolute Gasteiger partial charge is 0.306 e. The highest BCUT2D eigenvalue weighted by Gasteiger charge is 2.25. The number of hydrogen-bond acceptors (Lipinski definition) is 4. The minimum atomic E-state index is -3.49. The Balaban J connectivity index is 0.00000420. The van der Waals surface area contributed by atoms with Gasteiger partial charge in [-0.1, -0.05) is 70.2 Å². The average Bonchev–Trinajstić information content (AvgIpc) is 3.13. The van der Waals surface area contributed by atoms with Gasteiger partial charge in [-0.3, -0.25) is 14.5 Å². The van der Waals surface area contributed by atoms with E-state index in [0.717, 1.165) is 27.7 Å². The standard InChI is InChI=1S/C30H36N4O3S.BrH/c1-20(2)24-16-23(17-25(21(3)4)29(24)32(5)38(6,36)37)28(35)19-34-27-15-11-10-14-26(27)33(30(34)31)18-22-12-8-7-9-13-22;/h7-17,20-21,31H,18-19H2,1-6H3;1H. The van der Waals surface area contributed by atoms with Crippen LogP contribution in [0.1, 0.15) is 66.6 Å². The number of benzene rings is 3. The molecule has 0 amide bonds. The van der Waals surface area contributed by atoms with Crippen molar-refractivity contribution >= 4 is 49.5 Å². The fourth-order valence-corrected chi connectivity index (χ4v) is 5.41. The Morgan fingerprint density at radius 1 is 0.872 bits per heavy atom. The van der Waals surface area contributed by atoms with Gasteiger partial charge in [-0.05, 0) is 52.8 Å². The van der Waals surface area contributed by atoms with E-state index in [0.29, 0.717) is 17.8 Å². The van der Waals surface area contributed by atoms with Gasteiger partial charge in [0.15, 0.2) is 5.78 Å². The molecule has 9 heteroatoms. The number of ketones is 1. The van der Waals surface area contributed by atoms with Crippen LogP contribution in [0.25, 0.3) is 11.0 Å². The first kappa shape index (κ1) is 30.4. The number of aromatic nitrogens is 2. The summed E-state index contributed by atoms with van der Waals surface area (Å²) in [5.41, 5.74) is 5.84. The molecule has 0 saturated heterocycles. The number of hydrogen-bond donors (Lipinski definition) is 1. The zero-order valence-electron chi connectivity index (χ0n) is 23.3. The fraction of sp³-hybridized carbons (Fsp3) is 0.333. The Morgan fingerprint density at radius 3 is 1.85 bits per heavy atom. The molecule has 39 heavy (non-hydrogen) atoms. The minimum Gasteiger partial charge on any atom is -0.306 e. The molecule has 0 spiro atoms. The van der Waals surface area contributed by atoms with Crippen LogP contribution in [0.15, 0.2) is 66.7 Å². The molecule has 208 valence electrons. The van der Waals surface area contributed by atoms with E-state index in [1.807, 2.05) is 99.0 Å². The molecule has 0 saturated carbocycles. The lowest BCUT2D eigenvalue weighted by Gasteiger charge is -2.27. The predicted molar refractivity (Wildman–Crippen MR) is 164 cm³/mol. The molecule has 4 aromatic rings. The number of halogens is 1. The van der Waals surface area contributed by atoms with Crippen molar-refractivity contribution in [1.29, 1.82) is 5.41 Å². The highest BCUT2D eigenvalue weighted by Crippen LogP contribution is 2.37. The summed E-state index contributed by atoms with van der Waals surface area (Å²) in [5, 5.41) is 8.96. The van der Waals surface area contributed by atoms with Gasteiger partial charge in [0.1, 0.15) is 0 Å². The van der Waals surface area contributed by atoms with Crippen LogP contribution < -0.4 is 9.92 Å². The monoisotopic (exact) mass is 612 g/mol. The molecule has 7 nitrogen and oxygen atoms in total. The summed E-state index contributed by atoms with van der Waals surface area (Å²) < 4.78 is 29.9. The number of nitrogens with zero attached hydrogens (tertiary/aromatic N) is 3. The van der Waals surface area contributed by atoms with Crippen molar-refractivity contribution in [3.05, 3.63) is 94.6 Å². The van der Waals surface area contributed by atoms with E-state index < -0.39 is 10.0 Å². The van der Waals surface area contributed by atoms with Crippen molar-refractivity contribution < 1.29 is 13.2 Å². The van der Waals surface area contributed by atoms with Crippen molar-refractivity contribution in [2.24, 2.45) is 0 Å². The SMILES string of the molecule is Br.CC(C)c1cc(C(=O)Cn2c(=N)n(Cc3ccccc3)c3ccccc32)cc(C(C)C)c1N(C)S(C)(=O)=O. The second-order valence-electron chi connectivity index (χ2n) is 10.4. The summed E-state index contributed by atoms with van der Waals surface area (Å²) in [4.78, 5) is 13.8. The molecule has 0 aliphatic rings. The van der Waals surface area contributed by atoms with Crippen LogP contribution in [0.2, 0.25) is 0 Å². The Kier molecular flexibility index (Phi) is 9.28. The van der Waals surface area contributed by atoms with Crippen molar-refractivity contribution in [3.63, 3.8) is 0 Å². The number of carbonyl (C=O) groups excluding carboxylic acids is 1. The molecule has 4 rings (SSSR count). The summed E-state index contributed by atoms with van der Waals surface area (Å²) >= 11 is 0. The van der Waals surface area contributed by atoms with Crippen LogP contribution >= 0.6 is 17.0 Å². The maximum absolute atomic E-state index is 13.8. The number of carbonyl (C=O) groups is 1. The quantitative estimate of drug-likeness (QED) is 0.233. The third-order valence-electron chi connectivity index (χ3n) is 7.01. The summed E-state index contributed by atoms with van der Waals surface area (Å²) in [7, 11) is -1.92. The topological polar surface area (TPSA) is 88.2 Å². The number of rotatable bonds is 9. The Hall–Kier alpha value is -3.17. The summed E-state index contributed by atoms with van der Waals surface area (Å²) in [5.74, 6) is -0.110. The van der Waals surface area contributed by atoms with E-state index >= 15 is 0 Å². The lowest BCUT2D eigenvalue weighted by atomic mass is 9.89. The molecular formula is C30H37BrN4O3S. The Labute approximate surface area is 241 Å². The average molecular weight is 614 g/mol. The van der Waals surface area contributed by atoms with Gasteiger partial charge in [0.2, 0.25) is 15.6 Å². The van der Waals surface area contributed by atoms with Gasteiger partial charge in [0.25, 0.3) is 0 Å². The highest BCUT2D eigenvalue weighted by molar-refractivity contribution is 8.93. The smallest absolute Gasteiger partial charge is 0.232 e. The lowest BCUT2D eigenvalue weighted by molar-refractivity contribution is 0.0971. The number of imidazole rings is 1. The molecule has 1 N–H and O–H groups in total. The van der Waals surface area contributed by atoms with E-state index in [1.165, 1.54) is 10.6 Å². The number of nitrogens with one attached hydrogen (secondary N) is 1. The molecule has 1 aromatic heterocycles. The second kappa shape index (κ2) is 11.9.